The molecule has 0 spiro atoms. The largest absolute Gasteiger partial charge is 0.391 e. The van der Waals surface area contributed by atoms with Gasteiger partial charge in [-0.2, -0.15) is 0 Å². The first-order valence-corrected chi connectivity index (χ1v) is 7.40. The minimum absolute atomic E-state index is 0.0539. The van der Waals surface area contributed by atoms with E-state index in [1.54, 1.807) is 11.3 Å². The van der Waals surface area contributed by atoms with Crippen LogP contribution < -0.4 is 5.32 Å². The molecule has 1 aromatic heterocycles. The zero-order valence-corrected chi connectivity index (χ0v) is 11.4. The molecule has 1 heterocycles. The molecular weight excluding hydrogens is 230 g/mol. The monoisotopic (exact) mass is 251 g/mol. The van der Waals surface area contributed by atoms with Crippen LogP contribution in [0.5, 0.6) is 0 Å². The van der Waals surface area contributed by atoms with Crippen LogP contribution in [-0.2, 0) is 6.54 Å². The van der Waals surface area contributed by atoms with Crippen LogP contribution in [0.4, 0.5) is 0 Å². The Balaban J connectivity index is 1.80. The van der Waals surface area contributed by atoms with Gasteiger partial charge in [0.15, 0.2) is 0 Å². The van der Waals surface area contributed by atoms with Crippen molar-refractivity contribution in [1.82, 2.24) is 5.32 Å². The molecule has 2 saturated carbocycles. The summed E-state index contributed by atoms with van der Waals surface area (Å²) in [6, 6.07) is 4.25. The van der Waals surface area contributed by atoms with E-state index in [-0.39, 0.29) is 17.1 Å². The Morgan fingerprint density at radius 1 is 1.53 bits per heavy atom. The van der Waals surface area contributed by atoms with Crippen LogP contribution in [0.3, 0.4) is 0 Å². The molecule has 3 unspecified atom stereocenters. The summed E-state index contributed by atoms with van der Waals surface area (Å²) in [7, 11) is 0. The molecule has 0 aliphatic heterocycles. The van der Waals surface area contributed by atoms with Crippen molar-refractivity contribution in [3.63, 3.8) is 0 Å². The van der Waals surface area contributed by atoms with E-state index < -0.39 is 0 Å². The van der Waals surface area contributed by atoms with Crippen LogP contribution in [0.2, 0.25) is 0 Å². The van der Waals surface area contributed by atoms with Gasteiger partial charge in [-0.25, -0.2) is 0 Å². The highest BCUT2D eigenvalue weighted by Crippen LogP contribution is 2.60. The summed E-state index contributed by atoms with van der Waals surface area (Å²) in [5.74, 6) is 0.688. The number of rotatable bonds is 3. The van der Waals surface area contributed by atoms with Gasteiger partial charge < -0.3 is 10.4 Å². The van der Waals surface area contributed by atoms with E-state index >= 15 is 0 Å². The number of nitrogens with one attached hydrogen (secondary N) is 1. The number of thiophene rings is 1. The minimum atomic E-state index is -0.170. The molecule has 17 heavy (non-hydrogen) atoms. The first-order valence-electron chi connectivity index (χ1n) is 6.52. The maximum absolute atomic E-state index is 10.4. The zero-order chi connectivity index (χ0) is 12.1. The lowest BCUT2D eigenvalue weighted by atomic mass is 9.75. The number of hydrogen-bond acceptors (Lipinski definition) is 3. The fraction of sp³-hybridized carbons (Fsp3) is 0.714. The van der Waals surface area contributed by atoms with Crippen LogP contribution in [0.1, 0.15) is 38.0 Å². The summed E-state index contributed by atoms with van der Waals surface area (Å²) >= 11 is 1.79. The van der Waals surface area contributed by atoms with Crippen molar-refractivity contribution >= 4 is 11.3 Å². The van der Waals surface area contributed by atoms with E-state index in [4.69, 9.17) is 0 Å². The summed E-state index contributed by atoms with van der Waals surface area (Å²) in [6.07, 6.45) is 3.19. The maximum Gasteiger partial charge on any atom is 0.0730 e. The smallest absolute Gasteiger partial charge is 0.0730 e. The molecule has 2 nitrogen and oxygen atoms in total. The lowest BCUT2D eigenvalue weighted by Crippen LogP contribution is -2.57. The molecular formula is C14H21NOS. The average molecular weight is 251 g/mol. The van der Waals surface area contributed by atoms with Gasteiger partial charge in [-0.3, -0.25) is 0 Å². The van der Waals surface area contributed by atoms with Gasteiger partial charge >= 0.3 is 0 Å². The lowest BCUT2D eigenvalue weighted by molar-refractivity contribution is 0.0368. The Kier molecular flexibility index (Phi) is 2.62. The van der Waals surface area contributed by atoms with Crippen molar-refractivity contribution in [3.05, 3.63) is 22.4 Å². The highest BCUT2D eigenvalue weighted by atomic mass is 32.1. The Morgan fingerprint density at radius 2 is 2.35 bits per heavy atom. The van der Waals surface area contributed by atoms with E-state index in [9.17, 15) is 5.11 Å². The standard InChI is InChI=1S/C14H21NOS/c1-13(2)10-5-6-14(13,12(16)8-10)15-9-11-4-3-7-17-11/h3-4,7,10,12,15-16H,5-6,8-9H2,1-2H3. The fourth-order valence-electron chi connectivity index (χ4n) is 4.02. The zero-order valence-electron chi connectivity index (χ0n) is 10.6. The number of fused-ring (bicyclic) bond motifs is 2. The van der Waals surface area contributed by atoms with Crippen molar-refractivity contribution in [1.29, 1.82) is 0 Å². The van der Waals surface area contributed by atoms with Crippen LogP contribution in [0, 0.1) is 11.3 Å². The Morgan fingerprint density at radius 3 is 2.88 bits per heavy atom. The summed E-state index contributed by atoms with van der Waals surface area (Å²) in [4.78, 5) is 1.36. The van der Waals surface area contributed by atoms with E-state index in [1.165, 1.54) is 11.3 Å². The van der Waals surface area contributed by atoms with Gasteiger partial charge in [-0.05, 0) is 42.0 Å². The third-order valence-electron chi connectivity index (χ3n) is 5.29. The normalized spacial score (nSPS) is 38.8. The quantitative estimate of drug-likeness (QED) is 0.866. The molecule has 3 rings (SSSR count). The van der Waals surface area contributed by atoms with Gasteiger partial charge in [0.1, 0.15) is 0 Å². The van der Waals surface area contributed by atoms with Crippen molar-refractivity contribution < 1.29 is 5.11 Å². The van der Waals surface area contributed by atoms with E-state index in [0.717, 1.165) is 19.4 Å². The molecule has 94 valence electrons. The molecule has 2 fully saturated rings. The van der Waals surface area contributed by atoms with Crippen molar-refractivity contribution in [2.45, 2.75) is 51.3 Å². The molecule has 0 aromatic carbocycles. The SMILES string of the molecule is CC1(C)C2CCC1(NCc1cccs1)C(O)C2. The third kappa shape index (κ3) is 1.52. The maximum atomic E-state index is 10.4. The van der Waals surface area contributed by atoms with Crippen molar-refractivity contribution in [2.24, 2.45) is 11.3 Å². The number of hydrogen-bond donors (Lipinski definition) is 2. The van der Waals surface area contributed by atoms with Gasteiger partial charge in [-0.1, -0.05) is 19.9 Å². The molecule has 2 aliphatic rings. The molecule has 0 saturated heterocycles. The number of aliphatic hydroxyl groups is 1. The Hall–Kier alpha value is -0.380. The second-order valence-electron chi connectivity index (χ2n) is 6.11. The first kappa shape index (κ1) is 11.7. The van der Waals surface area contributed by atoms with Gasteiger partial charge in [-0.15, -0.1) is 11.3 Å². The van der Waals surface area contributed by atoms with E-state index in [0.29, 0.717) is 5.92 Å². The highest BCUT2D eigenvalue weighted by molar-refractivity contribution is 7.09. The Labute approximate surface area is 107 Å². The third-order valence-corrected chi connectivity index (χ3v) is 6.17. The topological polar surface area (TPSA) is 32.3 Å². The predicted octanol–water partition coefficient (Wildman–Crippen LogP) is 2.78. The molecule has 0 radical (unpaired) electrons. The molecule has 2 bridgehead atoms. The molecule has 0 amide bonds. The van der Waals surface area contributed by atoms with Gasteiger partial charge in [0, 0.05) is 17.0 Å². The molecule has 3 atom stereocenters. The van der Waals surface area contributed by atoms with Crippen LogP contribution in [0.15, 0.2) is 17.5 Å². The summed E-state index contributed by atoms with van der Waals surface area (Å²) in [6.45, 7) is 5.54. The molecule has 2 N–H and O–H groups in total. The second-order valence-corrected chi connectivity index (χ2v) is 7.15. The Bertz CT molecular complexity index is 400. The molecule has 1 aromatic rings. The highest BCUT2D eigenvalue weighted by Gasteiger charge is 2.63. The fourth-order valence-corrected chi connectivity index (χ4v) is 4.66. The van der Waals surface area contributed by atoms with Crippen LogP contribution in [-0.4, -0.2) is 16.7 Å². The summed E-state index contributed by atoms with van der Waals surface area (Å²) in [5, 5.41) is 16.2. The van der Waals surface area contributed by atoms with Crippen molar-refractivity contribution in [2.75, 3.05) is 0 Å². The first-order chi connectivity index (χ1) is 8.06. The van der Waals surface area contributed by atoms with Gasteiger partial charge in [0.25, 0.3) is 0 Å². The van der Waals surface area contributed by atoms with E-state index in [2.05, 4.69) is 36.7 Å². The van der Waals surface area contributed by atoms with Crippen LogP contribution in [0.25, 0.3) is 0 Å². The van der Waals surface area contributed by atoms with Gasteiger partial charge in [0.05, 0.1) is 6.10 Å². The summed E-state index contributed by atoms with van der Waals surface area (Å²) in [5.41, 5.74) is 0.172. The minimum Gasteiger partial charge on any atom is -0.391 e. The molecule has 2 aliphatic carbocycles. The van der Waals surface area contributed by atoms with Crippen molar-refractivity contribution in [3.8, 4) is 0 Å². The lowest BCUT2D eigenvalue weighted by Gasteiger charge is -2.41. The number of aliphatic hydroxyl groups excluding tert-OH is 1. The second kappa shape index (κ2) is 3.81. The molecule has 3 heteroatoms. The average Bonchev–Trinajstić information content (AvgIpc) is 2.91. The van der Waals surface area contributed by atoms with Gasteiger partial charge in [0.2, 0.25) is 0 Å². The van der Waals surface area contributed by atoms with Crippen LogP contribution >= 0.6 is 11.3 Å². The van der Waals surface area contributed by atoms with E-state index in [1.807, 2.05) is 0 Å². The summed E-state index contributed by atoms with van der Waals surface area (Å²) < 4.78 is 0. The predicted molar refractivity (Wildman–Crippen MR) is 71.0 cm³/mol.